The zero-order valence-electron chi connectivity index (χ0n) is 13.2. The Morgan fingerprint density at radius 1 is 1.14 bits per heavy atom. The highest BCUT2D eigenvalue weighted by Crippen LogP contribution is 2.61. The smallest absolute Gasteiger partial charge is 0.314 e. The molecule has 0 N–H and O–H groups in total. The van der Waals surface area contributed by atoms with E-state index in [0.29, 0.717) is 5.33 Å². The molecule has 0 saturated heterocycles. The van der Waals surface area contributed by atoms with E-state index in [1.165, 1.54) is 25.4 Å². The van der Waals surface area contributed by atoms with E-state index in [9.17, 15) is 9.59 Å². The summed E-state index contributed by atoms with van der Waals surface area (Å²) in [6.07, 6.45) is 6.26. The Balaban J connectivity index is 2.19. The number of methoxy groups -OCH3 is 2. The molecule has 0 spiro atoms. The van der Waals surface area contributed by atoms with Gasteiger partial charge in [0.1, 0.15) is 0 Å². The lowest BCUT2D eigenvalue weighted by atomic mass is 9.56. The van der Waals surface area contributed by atoms with Gasteiger partial charge in [-0.05, 0) is 50.4 Å². The van der Waals surface area contributed by atoms with Gasteiger partial charge in [0, 0.05) is 5.33 Å². The van der Waals surface area contributed by atoms with Gasteiger partial charge in [-0.15, -0.1) is 0 Å². The molecule has 3 rings (SSSR count). The fraction of sp³-hybridized carbons (Fsp3) is 0.765. The Kier molecular flexibility index (Phi) is 4.36. The topological polar surface area (TPSA) is 52.6 Å². The first-order chi connectivity index (χ1) is 10.6. The second kappa shape index (κ2) is 5.99. The van der Waals surface area contributed by atoms with Crippen LogP contribution in [0.15, 0.2) is 11.1 Å². The summed E-state index contributed by atoms with van der Waals surface area (Å²) >= 11 is 3.55. The van der Waals surface area contributed by atoms with E-state index < -0.39 is 11.3 Å². The van der Waals surface area contributed by atoms with Crippen LogP contribution in [0.1, 0.15) is 38.5 Å². The lowest BCUT2D eigenvalue weighted by molar-refractivity contribution is -0.171. The molecule has 0 amide bonds. The third-order valence-electron chi connectivity index (χ3n) is 6.00. The highest BCUT2D eigenvalue weighted by molar-refractivity contribution is 9.09. The van der Waals surface area contributed by atoms with Crippen molar-refractivity contribution in [2.24, 2.45) is 23.2 Å². The molecule has 0 aromatic heterocycles. The quantitative estimate of drug-likeness (QED) is 0.434. The second-order valence-corrected chi connectivity index (χ2v) is 7.22. The van der Waals surface area contributed by atoms with Crippen LogP contribution in [-0.2, 0) is 19.1 Å². The van der Waals surface area contributed by atoms with Crippen molar-refractivity contribution in [3.05, 3.63) is 11.1 Å². The lowest BCUT2D eigenvalue weighted by Crippen LogP contribution is -2.55. The maximum atomic E-state index is 12.8. The van der Waals surface area contributed by atoms with Gasteiger partial charge in [-0.25, -0.2) is 0 Å². The standard InChI is InChI=1S/C17H23BrO4/c1-21-15(19)14-12-7-3-5-10(12)11-6-4-8-13(11)17(14,9-18)16(20)22-2/h12-14H,3-9H2,1-2H3/t12-,13+,14+,17-/m0/s1. The normalized spacial score (nSPS) is 36.8. The van der Waals surface area contributed by atoms with Gasteiger partial charge in [-0.3, -0.25) is 9.59 Å². The zero-order chi connectivity index (χ0) is 15.9. The van der Waals surface area contributed by atoms with E-state index in [1.807, 2.05) is 0 Å². The van der Waals surface area contributed by atoms with Crippen LogP contribution in [0.5, 0.6) is 0 Å². The molecule has 0 aromatic rings. The molecule has 3 aliphatic carbocycles. The van der Waals surface area contributed by atoms with Crippen molar-refractivity contribution in [2.45, 2.75) is 38.5 Å². The van der Waals surface area contributed by atoms with Gasteiger partial charge >= 0.3 is 11.9 Å². The lowest BCUT2D eigenvalue weighted by Gasteiger charge is -2.47. The molecule has 4 nitrogen and oxygen atoms in total. The van der Waals surface area contributed by atoms with Gasteiger partial charge in [0.25, 0.3) is 0 Å². The number of hydrogen-bond donors (Lipinski definition) is 0. The van der Waals surface area contributed by atoms with Gasteiger partial charge in [-0.1, -0.05) is 27.1 Å². The fourth-order valence-corrected chi connectivity index (χ4v) is 6.17. The summed E-state index contributed by atoms with van der Waals surface area (Å²) in [4.78, 5) is 25.4. The van der Waals surface area contributed by atoms with Gasteiger partial charge in [0.15, 0.2) is 0 Å². The van der Waals surface area contributed by atoms with E-state index >= 15 is 0 Å². The van der Waals surface area contributed by atoms with Crippen LogP contribution in [0.25, 0.3) is 0 Å². The minimum Gasteiger partial charge on any atom is -0.469 e. The Labute approximate surface area is 139 Å². The molecule has 3 aliphatic rings. The van der Waals surface area contributed by atoms with Crippen LogP contribution in [0.4, 0.5) is 0 Å². The fourth-order valence-electron chi connectivity index (χ4n) is 5.20. The van der Waals surface area contributed by atoms with Gasteiger partial charge in [0.05, 0.1) is 25.6 Å². The molecule has 22 heavy (non-hydrogen) atoms. The predicted octanol–water partition coefficient (Wildman–Crippen LogP) is 3.24. The van der Waals surface area contributed by atoms with Crippen molar-refractivity contribution >= 4 is 27.9 Å². The SMILES string of the molecule is COC(=O)[C@H]1[C@H]2CCCC2=C2CCC[C@H]2[C@]1(CBr)C(=O)OC. The molecule has 2 saturated carbocycles. The molecule has 0 unspecified atom stereocenters. The van der Waals surface area contributed by atoms with Gasteiger partial charge < -0.3 is 9.47 Å². The first kappa shape index (κ1) is 16.0. The van der Waals surface area contributed by atoms with Gasteiger partial charge in [-0.2, -0.15) is 0 Å². The van der Waals surface area contributed by atoms with Crippen molar-refractivity contribution in [1.29, 1.82) is 0 Å². The summed E-state index contributed by atoms with van der Waals surface area (Å²) in [5.74, 6) is -0.690. The Bertz CT molecular complexity index is 527. The number of hydrogen-bond acceptors (Lipinski definition) is 4. The predicted molar refractivity (Wildman–Crippen MR) is 85.5 cm³/mol. The number of halogens is 1. The van der Waals surface area contributed by atoms with E-state index in [0.717, 1.165) is 38.5 Å². The first-order valence-electron chi connectivity index (χ1n) is 8.05. The summed E-state index contributed by atoms with van der Waals surface area (Å²) < 4.78 is 10.3. The maximum Gasteiger partial charge on any atom is 0.314 e. The summed E-state index contributed by atoms with van der Waals surface area (Å²) in [5.41, 5.74) is 2.07. The average molecular weight is 371 g/mol. The molecule has 5 heteroatoms. The molecular formula is C17H23BrO4. The van der Waals surface area contributed by atoms with Crippen LogP contribution in [0, 0.1) is 23.2 Å². The highest BCUT2D eigenvalue weighted by Gasteiger charge is 2.63. The van der Waals surface area contributed by atoms with Crippen LogP contribution in [0.3, 0.4) is 0 Å². The van der Waals surface area contributed by atoms with Gasteiger partial charge in [0.2, 0.25) is 0 Å². The van der Waals surface area contributed by atoms with Crippen LogP contribution in [0.2, 0.25) is 0 Å². The van der Waals surface area contributed by atoms with Crippen molar-refractivity contribution in [3.8, 4) is 0 Å². The number of ether oxygens (including phenoxy) is 2. The molecule has 0 heterocycles. The average Bonchev–Trinajstić information content (AvgIpc) is 3.20. The number of esters is 2. The number of fused-ring (bicyclic) bond motifs is 2. The van der Waals surface area contributed by atoms with Crippen LogP contribution in [-0.4, -0.2) is 31.5 Å². The minimum atomic E-state index is -0.813. The second-order valence-electron chi connectivity index (χ2n) is 6.66. The van der Waals surface area contributed by atoms with Crippen LogP contribution < -0.4 is 0 Å². The molecule has 0 aliphatic heterocycles. The van der Waals surface area contributed by atoms with Crippen molar-refractivity contribution in [1.82, 2.24) is 0 Å². The molecule has 4 atom stereocenters. The number of carbonyl (C=O) groups excluding carboxylic acids is 2. The number of carbonyl (C=O) groups is 2. The van der Waals surface area contributed by atoms with E-state index in [1.54, 1.807) is 0 Å². The van der Waals surface area contributed by atoms with Crippen molar-refractivity contribution in [2.75, 3.05) is 19.5 Å². The highest BCUT2D eigenvalue weighted by atomic mass is 79.9. The molecule has 122 valence electrons. The maximum absolute atomic E-state index is 12.8. The third kappa shape index (κ3) is 2.00. The third-order valence-corrected chi connectivity index (χ3v) is 6.93. The van der Waals surface area contributed by atoms with Crippen LogP contribution >= 0.6 is 15.9 Å². The summed E-state index contributed by atoms with van der Waals surface area (Å²) in [7, 11) is 2.84. The van der Waals surface area contributed by atoms with E-state index in [2.05, 4.69) is 15.9 Å². The number of allylic oxidation sites excluding steroid dienone is 2. The largest absolute Gasteiger partial charge is 0.469 e. The van der Waals surface area contributed by atoms with E-state index in [4.69, 9.17) is 9.47 Å². The van der Waals surface area contributed by atoms with E-state index in [-0.39, 0.29) is 23.8 Å². The molecule has 2 fully saturated rings. The zero-order valence-corrected chi connectivity index (χ0v) is 14.8. The molecule has 0 radical (unpaired) electrons. The molecule has 0 aromatic carbocycles. The molecule has 0 bridgehead atoms. The van der Waals surface area contributed by atoms with Crippen molar-refractivity contribution in [3.63, 3.8) is 0 Å². The molecular weight excluding hydrogens is 348 g/mol. The Morgan fingerprint density at radius 3 is 2.45 bits per heavy atom. The number of rotatable bonds is 3. The van der Waals surface area contributed by atoms with Crippen molar-refractivity contribution < 1.29 is 19.1 Å². The summed E-state index contributed by atoms with van der Waals surface area (Å²) in [5, 5.41) is 0.449. The Morgan fingerprint density at radius 2 is 1.82 bits per heavy atom. The number of alkyl halides is 1. The Hall–Kier alpha value is -0.840. The monoisotopic (exact) mass is 370 g/mol. The summed E-state index contributed by atoms with van der Waals surface area (Å²) in [6.45, 7) is 0. The minimum absolute atomic E-state index is 0.118. The first-order valence-corrected chi connectivity index (χ1v) is 9.18. The summed E-state index contributed by atoms with van der Waals surface area (Å²) in [6, 6.07) is 0.